The van der Waals surface area contributed by atoms with Crippen molar-refractivity contribution < 1.29 is 0 Å². The molecule has 1 heterocycles. The minimum Gasteiger partial charge on any atom is -0.255 e. The van der Waals surface area contributed by atoms with E-state index in [-0.39, 0.29) is 5.41 Å². The van der Waals surface area contributed by atoms with Gasteiger partial charge in [0, 0.05) is 16.1 Å². The van der Waals surface area contributed by atoms with Gasteiger partial charge in [-0.15, -0.1) is 0 Å². The van der Waals surface area contributed by atoms with Crippen LogP contribution in [0.15, 0.2) is 28.9 Å². The Labute approximate surface area is 105 Å². The van der Waals surface area contributed by atoms with E-state index in [2.05, 4.69) is 66.8 Å². The standard InChI is InChI=1S/C14H16BrN/c1-9-5-6-10-12(7-9)16-8-11(15)13(10)14(2,3)4/h5-8H,1-4H3. The Morgan fingerprint density at radius 1 is 1.19 bits per heavy atom. The van der Waals surface area contributed by atoms with Gasteiger partial charge in [0.2, 0.25) is 0 Å². The molecule has 2 rings (SSSR count). The van der Waals surface area contributed by atoms with E-state index < -0.39 is 0 Å². The largest absolute Gasteiger partial charge is 0.255 e. The van der Waals surface area contributed by atoms with Crippen LogP contribution in [0.5, 0.6) is 0 Å². The van der Waals surface area contributed by atoms with Gasteiger partial charge in [0.1, 0.15) is 0 Å². The van der Waals surface area contributed by atoms with Crippen LogP contribution in [0.25, 0.3) is 10.9 Å². The topological polar surface area (TPSA) is 12.9 Å². The average molecular weight is 278 g/mol. The Hall–Kier alpha value is -0.890. The van der Waals surface area contributed by atoms with Crippen LogP contribution in [0.2, 0.25) is 0 Å². The van der Waals surface area contributed by atoms with Crippen molar-refractivity contribution in [2.75, 3.05) is 0 Å². The number of aromatic nitrogens is 1. The Morgan fingerprint density at radius 3 is 2.50 bits per heavy atom. The van der Waals surface area contributed by atoms with Gasteiger partial charge in [0.05, 0.1) is 5.52 Å². The van der Waals surface area contributed by atoms with Gasteiger partial charge < -0.3 is 0 Å². The van der Waals surface area contributed by atoms with Crippen molar-refractivity contribution in [3.63, 3.8) is 0 Å². The number of rotatable bonds is 0. The third-order valence-corrected chi connectivity index (χ3v) is 3.33. The molecule has 0 aliphatic heterocycles. The smallest absolute Gasteiger partial charge is 0.0708 e. The molecule has 2 heteroatoms. The zero-order chi connectivity index (χ0) is 11.9. The van der Waals surface area contributed by atoms with Crippen LogP contribution < -0.4 is 0 Å². The second-order valence-electron chi connectivity index (χ2n) is 5.25. The normalized spacial score (nSPS) is 12.1. The van der Waals surface area contributed by atoms with E-state index in [1.54, 1.807) is 0 Å². The van der Waals surface area contributed by atoms with Crippen LogP contribution in [0, 0.1) is 6.92 Å². The third-order valence-electron chi connectivity index (χ3n) is 2.73. The number of pyridine rings is 1. The van der Waals surface area contributed by atoms with Crippen LogP contribution in [-0.2, 0) is 5.41 Å². The number of hydrogen-bond donors (Lipinski definition) is 0. The second kappa shape index (κ2) is 3.85. The minimum atomic E-state index is 0.120. The molecule has 1 aromatic heterocycles. The first kappa shape index (κ1) is 11.6. The molecule has 0 saturated heterocycles. The van der Waals surface area contributed by atoms with Gasteiger partial charge in [0.25, 0.3) is 0 Å². The summed E-state index contributed by atoms with van der Waals surface area (Å²) in [4.78, 5) is 4.47. The van der Waals surface area contributed by atoms with Gasteiger partial charge in [-0.3, -0.25) is 4.98 Å². The number of halogens is 1. The molecule has 0 unspecified atom stereocenters. The van der Waals surface area contributed by atoms with Crippen molar-refractivity contribution in [1.82, 2.24) is 4.98 Å². The molecule has 0 amide bonds. The molecular formula is C14H16BrN. The number of aryl methyl sites for hydroxylation is 1. The quantitative estimate of drug-likeness (QED) is 0.686. The number of nitrogens with zero attached hydrogens (tertiary/aromatic N) is 1. The summed E-state index contributed by atoms with van der Waals surface area (Å²) in [6, 6.07) is 6.45. The zero-order valence-corrected chi connectivity index (χ0v) is 11.7. The fourth-order valence-corrected chi connectivity index (χ4v) is 2.95. The van der Waals surface area contributed by atoms with Gasteiger partial charge >= 0.3 is 0 Å². The minimum absolute atomic E-state index is 0.120. The number of benzene rings is 1. The SMILES string of the molecule is Cc1ccc2c(C(C)(C)C)c(Br)cnc2c1. The first-order valence-corrected chi connectivity index (χ1v) is 6.24. The molecule has 0 bridgehead atoms. The van der Waals surface area contributed by atoms with Crippen molar-refractivity contribution >= 4 is 26.8 Å². The van der Waals surface area contributed by atoms with Crippen molar-refractivity contribution in [3.05, 3.63) is 40.0 Å². The molecule has 0 saturated carbocycles. The summed E-state index contributed by atoms with van der Waals surface area (Å²) in [5.41, 5.74) is 3.78. The van der Waals surface area contributed by atoms with E-state index in [4.69, 9.17) is 0 Å². The number of fused-ring (bicyclic) bond motifs is 1. The summed E-state index contributed by atoms with van der Waals surface area (Å²) in [6.45, 7) is 8.78. The maximum atomic E-state index is 4.47. The molecule has 0 radical (unpaired) electrons. The monoisotopic (exact) mass is 277 g/mol. The van der Waals surface area contributed by atoms with Crippen molar-refractivity contribution in [1.29, 1.82) is 0 Å². The van der Waals surface area contributed by atoms with Gasteiger partial charge in [0.15, 0.2) is 0 Å². The molecule has 1 aromatic carbocycles. The second-order valence-corrected chi connectivity index (χ2v) is 6.11. The van der Waals surface area contributed by atoms with Gasteiger partial charge in [-0.2, -0.15) is 0 Å². The van der Waals surface area contributed by atoms with E-state index >= 15 is 0 Å². The molecule has 0 N–H and O–H groups in total. The lowest BCUT2D eigenvalue weighted by atomic mass is 9.85. The van der Waals surface area contributed by atoms with Crippen LogP contribution in [0.4, 0.5) is 0 Å². The molecule has 84 valence electrons. The van der Waals surface area contributed by atoms with Gasteiger partial charge in [-0.05, 0) is 45.5 Å². The third kappa shape index (κ3) is 1.99. The molecule has 0 aliphatic carbocycles. The lowest BCUT2D eigenvalue weighted by Crippen LogP contribution is -2.13. The Bertz CT molecular complexity index is 538. The summed E-state index contributed by atoms with van der Waals surface area (Å²) in [5, 5.41) is 1.24. The Balaban J connectivity index is 2.85. The summed E-state index contributed by atoms with van der Waals surface area (Å²) < 4.78 is 1.09. The summed E-state index contributed by atoms with van der Waals surface area (Å²) >= 11 is 3.61. The fourth-order valence-electron chi connectivity index (χ4n) is 2.04. The molecule has 16 heavy (non-hydrogen) atoms. The lowest BCUT2D eigenvalue weighted by molar-refractivity contribution is 0.592. The highest BCUT2D eigenvalue weighted by molar-refractivity contribution is 9.10. The predicted molar refractivity (Wildman–Crippen MR) is 72.9 cm³/mol. The first-order chi connectivity index (χ1) is 7.39. The average Bonchev–Trinajstić information content (AvgIpc) is 2.16. The van der Waals surface area contributed by atoms with Crippen molar-refractivity contribution in [2.45, 2.75) is 33.1 Å². The molecule has 2 aromatic rings. The molecule has 0 fully saturated rings. The van der Waals surface area contributed by atoms with E-state index in [1.807, 2.05) is 6.20 Å². The maximum Gasteiger partial charge on any atom is 0.0708 e. The van der Waals surface area contributed by atoms with Crippen molar-refractivity contribution in [2.24, 2.45) is 0 Å². The Kier molecular flexibility index (Phi) is 2.79. The van der Waals surface area contributed by atoms with Crippen molar-refractivity contribution in [3.8, 4) is 0 Å². The number of hydrogen-bond acceptors (Lipinski definition) is 1. The van der Waals surface area contributed by atoms with Gasteiger partial charge in [-0.1, -0.05) is 32.9 Å². The molecule has 0 spiro atoms. The molecule has 0 aliphatic rings. The van der Waals surface area contributed by atoms with E-state index in [1.165, 1.54) is 16.5 Å². The fraction of sp³-hybridized carbons (Fsp3) is 0.357. The summed E-state index contributed by atoms with van der Waals surface area (Å²) in [6.07, 6.45) is 1.91. The van der Waals surface area contributed by atoms with E-state index in [0.29, 0.717) is 0 Å². The van der Waals surface area contributed by atoms with Crippen LogP contribution in [0.1, 0.15) is 31.9 Å². The molecule has 0 atom stereocenters. The first-order valence-electron chi connectivity index (χ1n) is 5.45. The lowest BCUT2D eigenvalue weighted by Gasteiger charge is -2.22. The zero-order valence-electron chi connectivity index (χ0n) is 10.1. The highest BCUT2D eigenvalue weighted by Crippen LogP contribution is 2.35. The predicted octanol–water partition coefficient (Wildman–Crippen LogP) is 4.60. The van der Waals surface area contributed by atoms with Gasteiger partial charge in [-0.25, -0.2) is 0 Å². The van der Waals surface area contributed by atoms with Crippen LogP contribution >= 0.6 is 15.9 Å². The molecular weight excluding hydrogens is 262 g/mol. The van der Waals surface area contributed by atoms with Crippen LogP contribution in [-0.4, -0.2) is 4.98 Å². The highest BCUT2D eigenvalue weighted by atomic mass is 79.9. The summed E-state index contributed by atoms with van der Waals surface area (Å²) in [5.74, 6) is 0. The molecule has 1 nitrogen and oxygen atoms in total. The van der Waals surface area contributed by atoms with E-state index in [0.717, 1.165) is 9.99 Å². The maximum absolute atomic E-state index is 4.47. The van der Waals surface area contributed by atoms with E-state index in [9.17, 15) is 0 Å². The Morgan fingerprint density at radius 2 is 1.88 bits per heavy atom. The van der Waals surface area contributed by atoms with Crippen LogP contribution in [0.3, 0.4) is 0 Å². The highest BCUT2D eigenvalue weighted by Gasteiger charge is 2.20. The summed E-state index contributed by atoms with van der Waals surface area (Å²) in [7, 11) is 0.